The van der Waals surface area contributed by atoms with Crippen molar-refractivity contribution in [3.05, 3.63) is 46.5 Å². The summed E-state index contributed by atoms with van der Waals surface area (Å²) in [5.41, 5.74) is 2.59. The highest BCUT2D eigenvalue weighted by atomic mass is 36.0. The molecule has 0 amide bonds. The van der Waals surface area contributed by atoms with Gasteiger partial charge in [0.25, 0.3) is 0 Å². The second kappa shape index (κ2) is 6.86. The molecule has 0 aliphatic rings. The molecule has 8 heteroatoms. The van der Waals surface area contributed by atoms with E-state index in [0.29, 0.717) is 17.3 Å². The lowest BCUT2D eigenvalue weighted by Crippen LogP contribution is -2.29. The third-order valence-electron chi connectivity index (χ3n) is 2.55. The normalized spacial score (nSPS) is 10.9. The maximum atomic E-state index is 11.7. The Morgan fingerprint density at radius 1 is 1.10 bits per heavy atom. The van der Waals surface area contributed by atoms with Gasteiger partial charge >= 0.3 is 11.1 Å². The van der Waals surface area contributed by atoms with Crippen LogP contribution in [-0.4, -0.2) is 0 Å². The van der Waals surface area contributed by atoms with Crippen LogP contribution >= 0.6 is 38.9 Å². The van der Waals surface area contributed by atoms with Crippen LogP contribution in [0.2, 0.25) is 0 Å². The molecule has 1 aromatic carbocycles. The van der Waals surface area contributed by atoms with Crippen molar-refractivity contribution >= 4 is 38.9 Å². The molecule has 2 rings (SSSR count). The van der Waals surface area contributed by atoms with E-state index < -0.39 is 5.20 Å². The second-order valence-corrected chi connectivity index (χ2v) is 10.7. The number of oxazole rings is 1. The van der Waals surface area contributed by atoms with Crippen molar-refractivity contribution in [2.24, 2.45) is 0 Å². The highest BCUT2D eigenvalue weighted by Crippen LogP contribution is 2.61. The predicted molar refractivity (Wildman–Crippen MR) is 82.5 cm³/mol. The fraction of sp³-hybridized carbons (Fsp3) is 0.250. The topological polar surface area (TPSA) is 57.1 Å². The summed E-state index contributed by atoms with van der Waals surface area (Å²) in [6, 6.07) is 7.70. The van der Waals surface area contributed by atoms with Gasteiger partial charge in [-0.25, -0.2) is 0 Å². The average molecular weight is 357 g/mol. The molecule has 0 saturated heterocycles. The van der Waals surface area contributed by atoms with Crippen LogP contribution in [0.1, 0.15) is 17.0 Å². The highest BCUT2D eigenvalue weighted by Gasteiger charge is 2.19. The first kappa shape index (κ1) is 17.4. The van der Waals surface area contributed by atoms with Crippen molar-refractivity contribution in [3.63, 3.8) is 0 Å². The zero-order valence-corrected chi connectivity index (χ0v) is 14.2. The van der Waals surface area contributed by atoms with Gasteiger partial charge in [0.1, 0.15) is 0 Å². The molecule has 0 unspecified atom stereocenters. The fourth-order valence-electron chi connectivity index (χ4n) is 1.43. The van der Waals surface area contributed by atoms with Crippen molar-refractivity contribution < 1.29 is 13.7 Å². The van der Waals surface area contributed by atoms with Crippen LogP contribution in [0, 0.1) is 26.0 Å². The van der Waals surface area contributed by atoms with Gasteiger partial charge in [0.05, 0.1) is 5.56 Å². The van der Waals surface area contributed by atoms with E-state index in [2.05, 4.69) is 33.7 Å². The first-order valence-corrected chi connectivity index (χ1v) is 9.97. The molecular formula is C12H13Cl3NO3P. The largest absolute Gasteiger partial charge is 0.616 e. The van der Waals surface area contributed by atoms with Gasteiger partial charge in [-0.05, 0) is 52.8 Å². The van der Waals surface area contributed by atoms with Crippen molar-refractivity contribution in [2.75, 3.05) is 0 Å². The molecule has 20 heavy (non-hydrogen) atoms. The smallest absolute Gasteiger partial charge is 0.392 e. The molecule has 0 spiro atoms. The summed E-state index contributed by atoms with van der Waals surface area (Å²) in [5, 5.41) is 8.48. The Hall–Kier alpha value is -0.670. The third kappa shape index (κ3) is 5.37. The molecule has 1 heterocycles. The van der Waals surface area contributed by atoms with Gasteiger partial charge in [-0.3, -0.25) is 4.57 Å². The van der Waals surface area contributed by atoms with Gasteiger partial charge < -0.3 is 9.62 Å². The summed E-state index contributed by atoms with van der Waals surface area (Å²) in [4.78, 5) is 0. The van der Waals surface area contributed by atoms with Crippen molar-refractivity contribution in [1.29, 1.82) is 0 Å². The number of aryl methyl sites for hydroxylation is 2. The van der Waals surface area contributed by atoms with E-state index >= 15 is 0 Å². The minimum atomic E-state index is -3.22. The Morgan fingerprint density at radius 3 is 1.90 bits per heavy atom. The summed E-state index contributed by atoms with van der Waals surface area (Å²) >= 11 is 13.8. The van der Waals surface area contributed by atoms with Gasteiger partial charge in [0, 0.05) is 13.8 Å². The molecule has 0 fully saturated rings. The van der Waals surface area contributed by atoms with Crippen LogP contribution in [0.5, 0.6) is 0 Å². The van der Waals surface area contributed by atoms with Crippen molar-refractivity contribution in [3.8, 4) is 11.5 Å². The predicted octanol–water partition coefficient (Wildman–Crippen LogP) is 5.32. The van der Waals surface area contributed by atoms with Gasteiger partial charge in [-0.15, -0.1) is 4.73 Å². The number of rotatable bonds is 1. The maximum absolute atomic E-state index is 11.7. The number of hydrogen-bond acceptors (Lipinski definition) is 3. The van der Waals surface area contributed by atoms with Gasteiger partial charge in [0.2, 0.25) is 5.69 Å². The van der Waals surface area contributed by atoms with Crippen LogP contribution in [0.3, 0.4) is 0 Å². The lowest BCUT2D eigenvalue weighted by Gasteiger charge is -1.97. The van der Waals surface area contributed by atoms with E-state index in [4.69, 9.17) is 4.42 Å². The molecule has 0 bridgehead atoms. The lowest BCUT2D eigenvalue weighted by molar-refractivity contribution is -0.602. The molecule has 0 saturated carbocycles. The first-order chi connectivity index (χ1) is 9.09. The Bertz CT molecular complexity index is 626. The van der Waals surface area contributed by atoms with Crippen LogP contribution in [-0.2, 0) is 4.57 Å². The van der Waals surface area contributed by atoms with Crippen molar-refractivity contribution in [2.45, 2.75) is 20.8 Å². The summed E-state index contributed by atoms with van der Waals surface area (Å²) in [6.45, 7) is 5.55. The molecular weight excluding hydrogens is 343 g/mol. The molecule has 0 aliphatic carbocycles. The Balaban J connectivity index is 0.000000347. The van der Waals surface area contributed by atoms with Gasteiger partial charge in [-0.2, -0.15) is 0 Å². The maximum Gasteiger partial charge on any atom is 0.392 e. The van der Waals surface area contributed by atoms with E-state index in [1.165, 1.54) is 0 Å². The Morgan fingerprint density at radius 2 is 1.55 bits per heavy atom. The summed E-state index contributed by atoms with van der Waals surface area (Å²) < 4.78 is 15.8. The number of halogens is 3. The average Bonchev–Trinajstić information content (AvgIpc) is 2.56. The second-order valence-electron chi connectivity index (χ2n) is 4.11. The number of hydrogen-bond donors (Lipinski definition) is 0. The van der Waals surface area contributed by atoms with Crippen molar-refractivity contribution in [1.82, 2.24) is 0 Å². The van der Waals surface area contributed by atoms with Crippen LogP contribution < -0.4 is 4.73 Å². The highest BCUT2D eigenvalue weighted by molar-refractivity contribution is 8.24. The van der Waals surface area contributed by atoms with Gasteiger partial charge in [-0.1, -0.05) is 17.7 Å². The summed E-state index contributed by atoms with van der Waals surface area (Å²) in [6.07, 6.45) is 0. The molecule has 0 atom stereocenters. The Kier molecular flexibility index (Phi) is 5.96. The van der Waals surface area contributed by atoms with E-state index in [0.717, 1.165) is 15.9 Å². The van der Waals surface area contributed by atoms with Gasteiger partial charge in [0.15, 0.2) is 5.76 Å². The van der Waals surface area contributed by atoms with Crippen LogP contribution in [0.4, 0.5) is 0 Å². The van der Waals surface area contributed by atoms with Crippen LogP contribution in [0.25, 0.3) is 11.5 Å². The molecule has 110 valence electrons. The molecule has 0 N–H and O–H groups in total. The first-order valence-electron chi connectivity index (χ1n) is 5.55. The standard InChI is InChI=1S/C12H13NO2.Cl3OP/c1-8-4-6-11(7-5-8)12-13(14)9(2)10(3)15-12;1-5(2,3)4/h4-7H,1-3H3;. The number of benzene rings is 1. The summed E-state index contributed by atoms with van der Waals surface area (Å²) in [7, 11) is 0. The quantitative estimate of drug-likeness (QED) is 0.395. The van der Waals surface area contributed by atoms with E-state index in [1.807, 2.05) is 31.2 Å². The van der Waals surface area contributed by atoms with E-state index in [1.54, 1.807) is 13.8 Å². The number of aromatic nitrogens is 1. The van der Waals surface area contributed by atoms with E-state index in [-0.39, 0.29) is 0 Å². The molecule has 4 nitrogen and oxygen atoms in total. The monoisotopic (exact) mass is 355 g/mol. The number of nitrogens with zero attached hydrogens (tertiary/aromatic N) is 1. The molecule has 0 aliphatic heterocycles. The minimum absolute atomic E-state index is 0.366. The van der Waals surface area contributed by atoms with Crippen LogP contribution in [0.15, 0.2) is 28.7 Å². The Labute approximate surface area is 131 Å². The zero-order valence-electron chi connectivity index (χ0n) is 11.1. The molecule has 1 aromatic heterocycles. The minimum Gasteiger partial charge on any atom is -0.616 e. The molecule has 2 aromatic rings. The molecule has 0 radical (unpaired) electrons. The fourth-order valence-corrected chi connectivity index (χ4v) is 1.43. The summed E-state index contributed by atoms with van der Waals surface area (Å²) in [5.74, 6) is 1.03. The lowest BCUT2D eigenvalue weighted by atomic mass is 10.1. The SMILES string of the molecule is Cc1ccc(-c2oc(C)c(C)[n+]2[O-])cc1.O=P(Cl)(Cl)Cl. The van der Waals surface area contributed by atoms with E-state index in [9.17, 15) is 9.77 Å². The third-order valence-corrected chi connectivity index (χ3v) is 2.55. The zero-order chi connectivity index (χ0) is 15.5.